The van der Waals surface area contributed by atoms with E-state index in [1.165, 1.54) is 6.39 Å². The van der Waals surface area contributed by atoms with Crippen molar-refractivity contribution >= 4 is 5.91 Å². The standard InChI is InChI=1S/C17H17N3O4/c1-12-3-6-15(24-12)9-20(2)16(21)10-22-14-7-4-13(5-8-14)17-19-18-11-23-17/h3-8,11H,9-10H2,1-2H3. The number of aromatic nitrogens is 2. The normalized spacial score (nSPS) is 10.6. The van der Waals surface area contributed by atoms with Crippen LogP contribution in [0.3, 0.4) is 0 Å². The van der Waals surface area contributed by atoms with Gasteiger partial charge in [0.1, 0.15) is 17.3 Å². The number of likely N-dealkylation sites (N-methyl/N-ethyl adjacent to an activating group) is 1. The molecule has 0 aliphatic carbocycles. The Kier molecular flexibility index (Phi) is 4.60. The molecule has 3 rings (SSSR count). The predicted octanol–water partition coefficient (Wildman–Crippen LogP) is 2.68. The van der Waals surface area contributed by atoms with Gasteiger partial charge in [-0.25, -0.2) is 0 Å². The third-order valence-electron chi connectivity index (χ3n) is 3.44. The summed E-state index contributed by atoms with van der Waals surface area (Å²) in [6.07, 6.45) is 1.27. The number of furan rings is 1. The van der Waals surface area contributed by atoms with Crippen LogP contribution < -0.4 is 4.74 Å². The number of rotatable bonds is 6. The van der Waals surface area contributed by atoms with E-state index in [0.717, 1.165) is 17.1 Å². The molecule has 0 atom stereocenters. The van der Waals surface area contributed by atoms with Crippen LogP contribution in [0.15, 0.2) is 51.6 Å². The number of aryl methyl sites for hydroxylation is 1. The lowest BCUT2D eigenvalue weighted by Gasteiger charge is -2.16. The van der Waals surface area contributed by atoms with Gasteiger partial charge in [0.25, 0.3) is 5.91 Å². The Morgan fingerprint density at radius 1 is 1.21 bits per heavy atom. The SMILES string of the molecule is Cc1ccc(CN(C)C(=O)COc2ccc(-c3nnco3)cc2)o1. The van der Waals surface area contributed by atoms with Gasteiger partial charge in [0.2, 0.25) is 12.3 Å². The van der Waals surface area contributed by atoms with Gasteiger partial charge in [0.05, 0.1) is 6.54 Å². The van der Waals surface area contributed by atoms with Crippen molar-refractivity contribution in [2.75, 3.05) is 13.7 Å². The number of carbonyl (C=O) groups is 1. The predicted molar refractivity (Wildman–Crippen MR) is 85.1 cm³/mol. The Balaban J connectivity index is 1.52. The molecule has 124 valence electrons. The molecule has 24 heavy (non-hydrogen) atoms. The fourth-order valence-electron chi connectivity index (χ4n) is 2.14. The average Bonchev–Trinajstić information content (AvgIpc) is 3.25. The molecule has 0 saturated carbocycles. The first kappa shape index (κ1) is 15.8. The maximum absolute atomic E-state index is 12.1. The van der Waals surface area contributed by atoms with Crippen LogP contribution in [0.5, 0.6) is 5.75 Å². The highest BCUT2D eigenvalue weighted by molar-refractivity contribution is 5.77. The molecule has 0 saturated heterocycles. The molecule has 3 aromatic rings. The zero-order chi connectivity index (χ0) is 16.9. The fourth-order valence-corrected chi connectivity index (χ4v) is 2.14. The largest absolute Gasteiger partial charge is 0.484 e. The Bertz CT molecular complexity index is 794. The van der Waals surface area contributed by atoms with Gasteiger partial charge in [-0.2, -0.15) is 0 Å². The second-order valence-electron chi connectivity index (χ2n) is 5.32. The lowest BCUT2D eigenvalue weighted by molar-refractivity contribution is -0.132. The molecule has 0 radical (unpaired) electrons. The van der Waals surface area contributed by atoms with Gasteiger partial charge in [-0.1, -0.05) is 0 Å². The summed E-state index contributed by atoms with van der Waals surface area (Å²) in [5.41, 5.74) is 0.788. The minimum absolute atomic E-state index is 0.0455. The van der Waals surface area contributed by atoms with Crippen molar-refractivity contribution in [3.8, 4) is 17.2 Å². The molecule has 7 heteroatoms. The van der Waals surface area contributed by atoms with Gasteiger partial charge in [0.15, 0.2) is 6.61 Å². The van der Waals surface area contributed by atoms with E-state index in [2.05, 4.69) is 10.2 Å². The first-order valence-corrected chi connectivity index (χ1v) is 7.40. The molecule has 1 aromatic carbocycles. The molecule has 2 heterocycles. The average molecular weight is 327 g/mol. The second-order valence-corrected chi connectivity index (χ2v) is 5.32. The van der Waals surface area contributed by atoms with Crippen LogP contribution in [-0.4, -0.2) is 34.7 Å². The van der Waals surface area contributed by atoms with Crippen molar-refractivity contribution in [3.05, 3.63) is 54.3 Å². The summed E-state index contributed by atoms with van der Waals surface area (Å²) in [4.78, 5) is 13.7. The minimum Gasteiger partial charge on any atom is -0.484 e. The van der Waals surface area contributed by atoms with Crippen LogP contribution in [0, 0.1) is 6.92 Å². The van der Waals surface area contributed by atoms with Crippen LogP contribution in [0.4, 0.5) is 0 Å². The molecular formula is C17H17N3O4. The summed E-state index contributed by atoms with van der Waals surface area (Å²) in [6.45, 7) is 2.23. The van der Waals surface area contributed by atoms with E-state index in [1.807, 2.05) is 19.1 Å². The summed E-state index contributed by atoms with van der Waals surface area (Å²) in [5.74, 6) is 2.46. The lowest BCUT2D eigenvalue weighted by atomic mass is 10.2. The van der Waals surface area contributed by atoms with Crippen molar-refractivity contribution in [3.63, 3.8) is 0 Å². The Hall–Kier alpha value is -3.09. The number of carbonyl (C=O) groups excluding carboxylic acids is 1. The number of amides is 1. The number of hydrogen-bond acceptors (Lipinski definition) is 6. The zero-order valence-corrected chi connectivity index (χ0v) is 13.4. The first-order valence-electron chi connectivity index (χ1n) is 7.40. The molecule has 7 nitrogen and oxygen atoms in total. The summed E-state index contributed by atoms with van der Waals surface area (Å²) in [6, 6.07) is 10.8. The van der Waals surface area contributed by atoms with Crippen molar-refractivity contribution in [2.24, 2.45) is 0 Å². The van der Waals surface area contributed by atoms with E-state index >= 15 is 0 Å². The number of hydrogen-bond donors (Lipinski definition) is 0. The molecule has 1 amide bonds. The monoisotopic (exact) mass is 327 g/mol. The highest BCUT2D eigenvalue weighted by Gasteiger charge is 2.12. The Morgan fingerprint density at radius 3 is 2.62 bits per heavy atom. The smallest absolute Gasteiger partial charge is 0.260 e. The second kappa shape index (κ2) is 6.99. The van der Waals surface area contributed by atoms with E-state index in [0.29, 0.717) is 18.2 Å². The van der Waals surface area contributed by atoms with Gasteiger partial charge in [0, 0.05) is 12.6 Å². The Labute approximate surface area is 138 Å². The maximum atomic E-state index is 12.1. The highest BCUT2D eigenvalue weighted by atomic mass is 16.5. The molecule has 0 aliphatic rings. The van der Waals surface area contributed by atoms with Crippen molar-refractivity contribution in [1.82, 2.24) is 15.1 Å². The fraction of sp³-hybridized carbons (Fsp3) is 0.235. The van der Waals surface area contributed by atoms with Crippen LogP contribution in [0.25, 0.3) is 11.5 Å². The third-order valence-corrected chi connectivity index (χ3v) is 3.44. The van der Waals surface area contributed by atoms with Gasteiger partial charge in [-0.05, 0) is 43.3 Å². The van der Waals surface area contributed by atoms with Crippen LogP contribution in [0.1, 0.15) is 11.5 Å². The molecular weight excluding hydrogens is 310 g/mol. The van der Waals surface area contributed by atoms with E-state index in [-0.39, 0.29) is 12.5 Å². The Morgan fingerprint density at radius 2 is 2.00 bits per heavy atom. The van der Waals surface area contributed by atoms with Crippen LogP contribution in [0.2, 0.25) is 0 Å². The lowest BCUT2D eigenvalue weighted by Crippen LogP contribution is -2.30. The third kappa shape index (κ3) is 3.81. The quantitative estimate of drug-likeness (QED) is 0.692. The zero-order valence-electron chi connectivity index (χ0n) is 13.4. The van der Waals surface area contributed by atoms with Crippen LogP contribution in [-0.2, 0) is 11.3 Å². The summed E-state index contributed by atoms with van der Waals surface area (Å²) >= 11 is 0. The van der Waals surface area contributed by atoms with Gasteiger partial charge in [-0.15, -0.1) is 10.2 Å². The molecule has 2 aromatic heterocycles. The highest BCUT2D eigenvalue weighted by Crippen LogP contribution is 2.20. The molecule has 0 unspecified atom stereocenters. The summed E-state index contributed by atoms with van der Waals surface area (Å²) in [5, 5.41) is 7.46. The summed E-state index contributed by atoms with van der Waals surface area (Å²) < 4.78 is 16.1. The number of benzene rings is 1. The van der Waals surface area contributed by atoms with E-state index < -0.39 is 0 Å². The van der Waals surface area contributed by atoms with Crippen LogP contribution >= 0.6 is 0 Å². The topological polar surface area (TPSA) is 81.6 Å². The summed E-state index contributed by atoms with van der Waals surface area (Å²) in [7, 11) is 1.71. The molecule has 0 fully saturated rings. The van der Waals surface area contributed by atoms with Crippen molar-refractivity contribution < 1.29 is 18.4 Å². The molecule has 0 aliphatic heterocycles. The molecule has 0 spiro atoms. The van der Waals surface area contributed by atoms with Crippen molar-refractivity contribution in [1.29, 1.82) is 0 Å². The first-order chi connectivity index (χ1) is 11.6. The van der Waals surface area contributed by atoms with Crippen molar-refractivity contribution in [2.45, 2.75) is 13.5 Å². The molecule has 0 N–H and O–H groups in total. The van der Waals surface area contributed by atoms with Gasteiger partial charge in [-0.3, -0.25) is 4.79 Å². The minimum atomic E-state index is -0.134. The number of ether oxygens (including phenoxy) is 1. The molecule has 0 bridgehead atoms. The van der Waals surface area contributed by atoms with Gasteiger partial charge < -0.3 is 18.5 Å². The van der Waals surface area contributed by atoms with Gasteiger partial charge >= 0.3 is 0 Å². The maximum Gasteiger partial charge on any atom is 0.260 e. The van der Waals surface area contributed by atoms with E-state index in [1.54, 1.807) is 36.2 Å². The van der Waals surface area contributed by atoms with E-state index in [9.17, 15) is 4.79 Å². The van der Waals surface area contributed by atoms with E-state index in [4.69, 9.17) is 13.6 Å². The number of nitrogens with zero attached hydrogens (tertiary/aromatic N) is 3.